The summed E-state index contributed by atoms with van der Waals surface area (Å²) < 4.78 is 5.07. The number of carbonyl (C=O) groups excluding carboxylic acids is 1. The summed E-state index contributed by atoms with van der Waals surface area (Å²) in [5.74, 6) is -0.186. The normalized spacial score (nSPS) is 18.7. The second kappa shape index (κ2) is 9.77. The van der Waals surface area contributed by atoms with Gasteiger partial charge in [0.1, 0.15) is 0 Å². The monoisotopic (exact) mass is 422 g/mol. The van der Waals surface area contributed by atoms with E-state index in [0.717, 1.165) is 22.5 Å². The van der Waals surface area contributed by atoms with Gasteiger partial charge in [-0.15, -0.1) is 0 Å². The molecule has 1 unspecified atom stereocenters. The number of anilines is 1. The number of ether oxygens (including phenoxy) is 1. The Hall–Kier alpha value is -2.85. The summed E-state index contributed by atoms with van der Waals surface area (Å²) in [5.41, 5.74) is 3.04. The molecule has 156 valence electrons. The number of hydrogen-bond donors (Lipinski definition) is 1. The zero-order valence-corrected chi connectivity index (χ0v) is 18.3. The summed E-state index contributed by atoms with van der Waals surface area (Å²) in [6, 6.07) is 19.6. The Morgan fingerprint density at radius 2 is 1.73 bits per heavy atom. The predicted molar refractivity (Wildman–Crippen MR) is 124 cm³/mol. The molecule has 30 heavy (non-hydrogen) atoms. The lowest BCUT2D eigenvalue weighted by Crippen LogP contribution is -2.36. The van der Waals surface area contributed by atoms with Gasteiger partial charge in [0, 0.05) is 23.1 Å². The molecule has 0 spiro atoms. The molecule has 0 fully saturated rings. The topological polar surface area (TPSA) is 50.7 Å². The maximum absolute atomic E-state index is 12.4. The Balaban J connectivity index is 1.94. The number of methoxy groups -OCH3 is 1. The fourth-order valence-electron chi connectivity index (χ4n) is 3.53. The molecule has 1 aliphatic rings. The number of allylic oxidation sites excluding steroid dienone is 3. The number of rotatable bonds is 6. The molecule has 0 amide bonds. The van der Waals surface area contributed by atoms with Gasteiger partial charge in [0.2, 0.25) is 0 Å². The number of hydrogen-bond acceptors (Lipinski definition) is 4. The number of esters is 1. The van der Waals surface area contributed by atoms with E-state index >= 15 is 0 Å². The highest BCUT2D eigenvalue weighted by Crippen LogP contribution is 2.44. The van der Waals surface area contributed by atoms with E-state index in [1.807, 2.05) is 86.9 Å². The van der Waals surface area contributed by atoms with E-state index in [4.69, 9.17) is 16.3 Å². The van der Waals surface area contributed by atoms with Gasteiger partial charge in [-0.1, -0.05) is 48.0 Å². The molecule has 1 N–H and O–H groups in total. The Morgan fingerprint density at radius 1 is 1.10 bits per heavy atom. The molecule has 4 nitrogen and oxygen atoms in total. The molecular formula is C25H27ClN2O2. The molecule has 0 saturated heterocycles. The third-order valence-corrected chi connectivity index (χ3v) is 6.03. The highest BCUT2D eigenvalue weighted by Gasteiger charge is 2.40. The average Bonchev–Trinajstić information content (AvgIpc) is 2.78. The number of aliphatic imine (C=N–C) groups is 1. The molecule has 0 bridgehead atoms. The van der Waals surface area contributed by atoms with Crippen molar-refractivity contribution in [2.75, 3.05) is 12.4 Å². The number of nitrogens with one attached hydrogen (secondary N) is 1. The number of carbonyl (C=O) groups is 1. The minimum Gasteiger partial charge on any atom is -0.469 e. The van der Waals surface area contributed by atoms with Crippen molar-refractivity contribution >= 4 is 35.2 Å². The Labute approximate surface area is 183 Å². The second-order valence-corrected chi connectivity index (χ2v) is 8.31. The quantitative estimate of drug-likeness (QED) is 0.427. The van der Waals surface area contributed by atoms with Crippen LogP contribution in [0.3, 0.4) is 0 Å². The van der Waals surface area contributed by atoms with Crippen LogP contribution in [-0.2, 0) is 9.53 Å². The Bertz CT molecular complexity index is 963. The van der Waals surface area contributed by atoms with Gasteiger partial charge in [-0.3, -0.25) is 9.79 Å². The lowest BCUT2D eigenvalue weighted by atomic mass is 9.70. The van der Waals surface area contributed by atoms with Crippen molar-refractivity contribution in [3.63, 3.8) is 0 Å². The van der Waals surface area contributed by atoms with Crippen molar-refractivity contribution in [1.29, 1.82) is 0 Å². The van der Waals surface area contributed by atoms with Crippen LogP contribution < -0.4 is 5.32 Å². The molecular weight excluding hydrogens is 396 g/mol. The first-order valence-electron chi connectivity index (χ1n) is 9.99. The standard InChI is InChI=1S/C25H27ClN2O2/c1-25(2,24(29)30-3)20-14-18(16-27-21-10-6-4-7-11-21)23(26)19(15-20)17-28-22-12-8-5-9-13-22/h4-13,16-17,20,27H,14-15H2,1-3H3/b18-16+,28-17+. The fourth-order valence-corrected chi connectivity index (χ4v) is 3.79. The first-order chi connectivity index (χ1) is 14.4. The molecule has 1 aliphatic carbocycles. The van der Waals surface area contributed by atoms with E-state index in [0.29, 0.717) is 17.9 Å². The van der Waals surface area contributed by atoms with Crippen molar-refractivity contribution in [1.82, 2.24) is 0 Å². The average molecular weight is 423 g/mol. The van der Waals surface area contributed by atoms with Crippen LogP contribution >= 0.6 is 11.6 Å². The first-order valence-corrected chi connectivity index (χ1v) is 10.4. The van der Waals surface area contributed by atoms with Crippen LogP contribution in [0.15, 0.2) is 88.0 Å². The van der Waals surface area contributed by atoms with Gasteiger partial charge < -0.3 is 10.1 Å². The Kier molecular flexibility index (Phi) is 7.11. The van der Waals surface area contributed by atoms with Gasteiger partial charge in [-0.2, -0.15) is 0 Å². The van der Waals surface area contributed by atoms with E-state index in [-0.39, 0.29) is 11.9 Å². The van der Waals surface area contributed by atoms with Crippen molar-refractivity contribution < 1.29 is 9.53 Å². The summed E-state index contributed by atoms with van der Waals surface area (Å²) in [6.07, 6.45) is 5.06. The maximum atomic E-state index is 12.4. The number of para-hydroxylation sites is 2. The summed E-state index contributed by atoms with van der Waals surface area (Å²) in [7, 11) is 1.43. The van der Waals surface area contributed by atoms with E-state index in [1.165, 1.54) is 7.11 Å². The third kappa shape index (κ3) is 5.19. The minimum atomic E-state index is -0.649. The van der Waals surface area contributed by atoms with Crippen LogP contribution in [0.1, 0.15) is 26.7 Å². The van der Waals surface area contributed by atoms with Gasteiger partial charge in [0.25, 0.3) is 0 Å². The number of nitrogens with zero attached hydrogens (tertiary/aromatic N) is 1. The largest absolute Gasteiger partial charge is 0.469 e. The van der Waals surface area contributed by atoms with Crippen molar-refractivity contribution in [3.05, 3.63) is 83.0 Å². The molecule has 0 radical (unpaired) electrons. The summed E-state index contributed by atoms with van der Waals surface area (Å²) in [4.78, 5) is 17.0. The van der Waals surface area contributed by atoms with E-state index in [2.05, 4.69) is 10.3 Å². The van der Waals surface area contributed by atoms with Crippen LogP contribution in [-0.4, -0.2) is 19.3 Å². The predicted octanol–water partition coefficient (Wildman–Crippen LogP) is 6.49. The highest BCUT2D eigenvalue weighted by molar-refractivity contribution is 6.33. The van der Waals surface area contributed by atoms with Crippen molar-refractivity contribution in [2.24, 2.45) is 16.3 Å². The van der Waals surface area contributed by atoms with Crippen LogP contribution in [0.25, 0.3) is 0 Å². The van der Waals surface area contributed by atoms with E-state index in [1.54, 1.807) is 0 Å². The molecule has 0 saturated carbocycles. The summed E-state index contributed by atoms with van der Waals surface area (Å²) in [6.45, 7) is 3.86. The maximum Gasteiger partial charge on any atom is 0.311 e. The molecule has 0 aliphatic heterocycles. The van der Waals surface area contributed by atoms with Gasteiger partial charge in [0.05, 0.1) is 18.2 Å². The molecule has 5 heteroatoms. The van der Waals surface area contributed by atoms with E-state index < -0.39 is 5.41 Å². The molecule has 0 heterocycles. The first kappa shape index (κ1) is 21.8. The number of benzene rings is 2. The number of halogens is 1. The summed E-state index contributed by atoms with van der Waals surface area (Å²) in [5, 5.41) is 3.99. The minimum absolute atomic E-state index is 0.0356. The highest BCUT2D eigenvalue weighted by atomic mass is 35.5. The van der Waals surface area contributed by atoms with E-state index in [9.17, 15) is 4.79 Å². The van der Waals surface area contributed by atoms with Gasteiger partial charge in [-0.05, 0) is 68.0 Å². The Morgan fingerprint density at radius 3 is 2.37 bits per heavy atom. The van der Waals surface area contributed by atoms with Crippen molar-refractivity contribution in [2.45, 2.75) is 26.7 Å². The lowest BCUT2D eigenvalue weighted by molar-refractivity contribution is -0.154. The summed E-state index contributed by atoms with van der Waals surface area (Å²) >= 11 is 6.77. The van der Waals surface area contributed by atoms with Crippen molar-refractivity contribution in [3.8, 4) is 0 Å². The molecule has 3 rings (SSSR count). The second-order valence-electron chi connectivity index (χ2n) is 7.93. The third-order valence-electron chi connectivity index (χ3n) is 5.54. The van der Waals surface area contributed by atoms with Crippen LogP contribution in [0.4, 0.5) is 11.4 Å². The zero-order chi connectivity index (χ0) is 21.6. The smallest absolute Gasteiger partial charge is 0.311 e. The van der Waals surface area contributed by atoms with Crippen LogP contribution in [0.2, 0.25) is 0 Å². The molecule has 0 aromatic heterocycles. The lowest BCUT2D eigenvalue weighted by Gasteiger charge is -2.36. The molecule has 2 aromatic rings. The van der Waals surface area contributed by atoms with Gasteiger partial charge in [-0.25, -0.2) is 0 Å². The van der Waals surface area contributed by atoms with Crippen LogP contribution in [0, 0.1) is 11.3 Å². The van der Waals surface area contributed by atoms with Gasteiger partial charge in [0.15, 0.2) is 0 Å². The van der Waals surface area contributed by atoms with Gasteiger partial charge >= 0.3 is 5.97 Å². The molecule has 2 aromatic carbocycles. The SMILES string of the molecule is COC(=O)C(C)(C)C1CC(/C=N/c2ccccc2)=C(Cl)C(=C/Nc2ccccc2)/C1. The molecule has 1 atom stereocenters. The fraction of sp³-hybridized carbons (Fsp3) is 0.280. The van der Waals surface area contributed by atoms with Crippen LogP contribution in [0.5, 0.6) is 0 Å². The zero-order valence-electron chi connectivity index (χ0n) is 17.6.